The van der Waals surface area contributed by atoms with Crippen molar-refractivity contribution in [2.75, 3.05) is 26.2 Å². The van der Waals surface area contributed by atoms with Gasteiger partial charge in [0.25, 0.3) is 5.91 Å². The van der Waals surface area contributed by atoms with E-state index in [1.165, 1.54) is 4.80 Å². The third-order valence-electron chi connectivity index (χ3n) is 5.48. The van der Waals surface area contributed by atoms with Gasteiger partial charge in [-0.15, -0.1) is 5.10 Å². The SMILES string of the molecule is Cc1nn(-c2ccccc2)nc1C(=O)N1CCN(C(C)c2ccccc2Cl)CC1. The van der Waals surface area contributed by atoms with Crippen molar-refractivity contribution in [2.45, 2.75) is 19.9 Å². The van der Waals surface area contributed by atoms with Crippen LogP contribution in [-0.4, -0.2) is 56.9 Å². The second-order valence-electron chi connectivity index (χ2n) is 7.28. The predicted molar refractivity (Wildman–Crippen MR) is 113 cm³/mol. The molecule has 1 aliphatic rings. The second kappa shape index (κ2) is 8.35. The maximum absolute atomic E-state index is 13.0. The van der Waals surface area contributed by atoms with E-state index in [0.29, 0.717) is 24.5 Å². The Kier molecular flexibility index (Phi) is 5.65. The van der Waals surface area contributed by atoms with Crippen molar-refractivity contribution in [3.05, 3.63) is 76.6 Å². The third-order valence-corrected chi connectivity index (χ3v) is 5.82. The quantitative estimate of drug-likeness (QED) is 0.658. The molecule has 2 heterocycles. The van der Waals surface area contributed by atoms with Gasteiger partial charge in [0.15, 0.2) is 5.69 Å². The molecule has 1 fully saturated rings. The molecule has 6 nitrogen and oxygen atoms in total. The molecule has 0 bridgehead atoms. The summed E-state index contributed by atoms with van der Waals surface area (Å²) in [5.74, 6) is -0.0604. The zero-order valence-electron chi connectivity index (χ0n) is 16.6. The Morgan fingerprint density at radius 2 is 1.62 bits per heavy atom. The zero-order chi connectivity index (χ0) is 20.4. The number of rotatable bonds is 4. The van der Waals surface area contributed by atoms with E-state index in [-0.39, 0.29) is 11.9 Å². The summed E-state index contributed by atoms with van der Waals surface area (Å²) in [4.78, 5) is 18.8. The van der Waals surface area contributed by atoms with E-state index in [4.69, 9.17) is 11.6 Å². The molecule has 4 rings (SSSR count). The predicted octanol–water partition coefficient (Wildman–Crippen LogP) is 3.75. The van der Waals surface area contributed by atoms with Crippen molar-refractivity contribution < 1.29 is 4.79 Å². The van der Waals surface area contributed by atoms with Crippen molar-refractivity contribution in [3.63, 3.8) is 0 Å². The average molecular weight is 410 g/mol. The number of benzene rings is 2. The number of halogens is 1. The van der Waals surface area contributed by atoms with Crippen LogP contribution in [0.1, 0.15) is 34.7 Å². The summed E-state index contributed by atoms with van der Waals surface area (Å²) in [6.45, 7) is 6.90. The molecule has 150 valence electrons. The highest BCUT2D eigenvalue weighted by molar-refractivity contribution is 6.31. The van der Waals surface area contributed by atoms with Gasteiger partial charge in [0, 0.05) is 37.2 Å². The first-order valence-corrected chi connectivity index (χ1v) is 10.2. The maximum Gasteiger partial charge on any atom is 0.276 e. The van der Waals surface area contributed by atoms with Gasteiger partial charge in [0.2, 0.25) is 0 Å². The number of carbonyl (C=O) groups excluding carboxylic acids is 1. The Labute approximate surface area is 175 Å². The number of piperazine rings is 1. The minimum Gasteiger partial charge on any atom is -0.335 e. The molecule has 2 aromatic carbocycles. The van der Waals surface area contributed by atoms with Gasteiger partial charge in [-0.05, 0) is 37.6 Å². The van der Waals surface area contributed by atoms with Crippen LogP contribution in [0, 0.1) is 6.92 Å². The lowest BCUT2D eigenvalue weighted by atomic mass is 10.1. The standard InChI is InChI=1S/C22H24ClN5O/c1-16-21(25-28(24-16)18-8-4-3-5-9-18)22(29)27-14-12-26(13-15-27)17(2)19-10-6-7-11-20(19)23/h3-11,17H,12-15H2,1-2H3. The lowest BCUT2D eigenvalue weighted by molar-refractivity contribution is 0.0575. The number of hydrogen-bond donors (Lipinski definition) is 0. The van der Waals surface area contributed by atoms with Gasteiger partial charge in [-0.25, -0.2) is 0 Å². The normalized spacial score (nSPS) is 16.0. The van der Waals surface area contributed by atoms with Crippen LogP contribution in [0.2, 0.25) is 5.02 Å². The molecular formula is C22H24ClN5O. The van der Waals surface area contributed by atoms with E-state index in [1.54, 1.807) is 0 Å². The van der Waals surface area contributed by atoms with Crippen LogP contribution in [0.3, 0.4) is 0 Å². The fourth-order valence-corrected chi connectivity index (χ4v) is 4.02. The Hall–Kier alpha value is -2.70. The molecule has 29 heavy (non-hydrogen) atoms. The van der Waals surface area contributed by atoms with E-state index in [0.717, 1.165) is 29.4 Å². The first kappa shape index (κ1) is 19.6. The lowest BCUT2D eigenvalue weighted by Gasteiger charge is -2.38. The van der Waals surface area contributed by atoms with Crippen molar-refractivity contribution in [1.29, 1.82) is 0 Å². The van der Waals surface area contributed by atoms with E-state index in [9.17, 15) is 4.79 Å². The van der Waals surface area contributed by atoms with Crippen molar-refractivity contribution in [2.24, 2.45) is 0 Å². The summed E-state index contributed by atoms with van der Waals surface area (Å²) in [6.07, 6.45) is 0. The molecule has 1 amide bonds. The maximum atomic E-state index is 13.0. The molecule has 0 saturated carbocycles. The Bertz CT molecular complexity index is 995. The Morgan fingerprint density at radius 3 is 2.31 bits per heavy atom. The van der Waals surface area contributed by atoms with E-state index in [1.807, 2.05) is 60.4 Å². The van der Waals surface area contributed by atoms with Gasteiger partial charge in [-0.1, -0.05) is 48.0 Å². The first-order chi connectivity index (χ1) is 14.0. The summed E-state index contributed by atoms with van der Waals surface area (Å²) in [7, 11) is 0. The second-order valence-corrected chi connectivity index (χ2v) is 7.69. The van der Waals surface area contributed by atoms with Crippen LogP contribution in [0.4, 0.5) is 0 Å². The smallest absolute Gasteiger partial charge is 0.276 e. The van der Waals surface area contributed by atoms with Crippen LogP contribution < -0.4 is 0 Å². The van der Waals surface area contributed by atoms with Gasteiger partial charge in [-0.2, -0.15) is 9.90 Å². The summed E-state index contributed by atoms with van der Waals surface area (Å²) >= 11 is 6.36. The zero-order valence-corrected chi connectivity index (χ0v) is 17.4. The number of nitrogens with zero attached hydrogens (tertiary/aromatic N) is 5. The van der Waals surface area contributed by atoms with E-state index in [2.05, 4.69) is 28.1 Å². The Balaban J connectivity index is 1.43. The van der Waals surface area contributed by atoms with Gasteiger partial charge < -0.3 is 4.90 Å². The van der Waals surface area contributed by atoms with E-state index >= 15 is 0 Å². The number of amides is 1. The lowest BCUT2D eigenvalue weighted by Crippen LogP contribution is -2.49. The van der Waals surface area contributed by atoms with Crippen LogP contribution in [0.5, 0.6) is 0 Å². The summed E-state index contributed by atoms with van der Waals surface area (Å²) in [6, 6.07) is 17.8. The summed E-state index contributed by atoms with van der Waals surface area (Å²) in [5, 5.41) is 9.66. The Morgan fingerprint density at radius 1 is 0.966 bits per heavy atom. The van der Waals surface area contributed by atoms with Crippen LogP contribution >= 0.6 is 11.6 Å². The molecule has 0 radical (unpaired) electrons. The third kappa shape index (κ3) is 4.04. The van der Waals surface area contributed by atoms with Gasteiger partial charge in [-0.3, -0.25) is 9.69 Å². The molecule has 1 saturated heterocycles. The fraction of sp³-hybridized carbons (Fsp3) is 0.318. The van der Waals surface area contributed by atoms with Crippen LogP contribution in [0.25, 0.3) is 5.69 Å². The molecule has 0 spiro atoms. The summed E-state index contributed by atoms with van der Waals surface area (Å²) in [5.41, 5.74) is 3.02. The number of aryl methyl sites for hydroxylation is 1. The number of hydrogen-bond acceptors (Lipinski definition) is 4. The monoisotopic (exact) mass is 409 g/mol. The van der Waals surface area contributed by atoms with E-state index < -0.39 is 0 Å². The minimum absolute atomic E-state index is 0.0604. The molecular weight excluding hydrogens is 386 g/mol. The minimum atomic E-state index is -0.0604. The highest BCUT2D eigenvalue weighted by Crippen LogP contribution is 2.28. The van der Waals surface area contributed by atoms with Gasteiger partial charge >= 0.3 is 0 Å². The molecule has 0 aliphatic carbocycles. The largest absolute Gasteiger partial charge is 0.335 e. The molecule has 7 heteroatoms. The molecule has 1 atom stereocenters. The van der Waals surface area contributed by atoms with Crippen LogP contribution in [0.15, 0.2) is 54.6 Å². The molecule has 1 unspecified atom stereocenters. The highest BCUT2D eigenvalue weighted by Gasteiger charge is 2.28. The van der Waals surface area contributed by atoms with Gasteiger partial charge in [0.05, 0.1) is 11.4 Å². The topological polar surface area (TPSA) is 54.3 Å². The average Bonchev–Trinajstić information content (AvgIpc) is 3.15. The van der Waals surface area contributed by atoms with Crippen LogP contribution in [-0.2, 0) is 0 Å². The van der Waals surface area contributed by atoms with Crippen molar-refractivity contribution in [3.8, 4) is 5.69 Å². The number of para-hydroxylation sites is 1. The summed E-state index contributed by atoms with van der Waals surface area (Å²) < 4.78 is 0. The molecule has 0 N–H and O–H groups in total. The molecule has 1 aliphatic heterocycles. The van der Waals surface area contributed by atoms with Gasteiger partial charge in [0.1, 0.15) is 0 Å². The van der Waals surface area contributed by atoms with Crippen molar-refractivity contribution >= 4 is 17.5 Å². The number of aromatic nitrogens is 3. The molecule has 3 aromatic rings. The first-order valence-electron chi connectivity index (χ1n) is 9.81. The highest BCUT2D eigenvalue weighted by atomic mass is 35.5. The van der Waals surface area contributed by atoms with Crippen molar-refractivity contribution in [1.82, 2.24) is 24.8 Å². The number of carbonyl (C=O) groups is 1. The fourth-order valence-electron chi connectivity index (χ4n) is 3.73. The molecule has 1 aromatic heterocycles.